The molecule has 0 aliphatic rings. The molecule has 1 aromatic carbocycles. The maximum Gasteiger partial charge on any atom is 0.127 e. The van der Waals surface area contributed by atoms with E-state index in [2.05, 4.69) is 58.4 Å². The summed E-state index contributed by atoms with van der Waals surface area (Å²) < 4.78 is 3.05. The van der Waals surface area contributed by atoms with Crippen molar-refractivity contribution in [1.29, 1.82) is 0 Å². The number of imidazole rings is 1. The summed E-state index contributed by atoms with van der Waals surface area (Å²) in [5.74, 6) is 0. The first-order valence-electron chi connectivity index (χ1n) is 6.21. The van der Waals surface area contributed by atoms with Gasteiger partial charge < -0.3 is 4.57 Å². The van der Waals surface area contributed by atoms with Crippen LogP contribution in [0.1, 0.15) is 27.9 Å². The Morgan fingerprint density at radius 3 is 2.22 bits per heavy atom. The van der Waals surface area contributed by atoms with Crippen LogP contribution in [0.4, 0.5) is 0 Å². The fraction of sp³-hybridized carbons (Fsp3) is 0.400. The standard InChI is InChI=1S/C15H19BrN2/c1-10-7-11(2)13(12(3)8-10)5-6-14-15(16)17-9-18(14)4/h7-9H,5-6H2,1-4H3. The minimum atomic E-state index is 0.965. The van der Waals surface area contributed by atoms with Crippen LogP contribution in [0.15, 0.2) is 23.1 Å². The lowest BCUT2D eigenvalue weighted by molar-refractivity contribution is 0.791. The average molecular weight is 307 g/mol. The number of hydrogen-bond acceptors (Lipinski definition) is 1. The molecular formula is C15H19BrN2. The summed E-state index contributed by atoms with van der Waals surface area (Å²) >= 11 is 3.51. The van der Waals surface area contributed by atoms with Gasteiger partial charge in [0.15, 0.2) is 0 Å². The first-order valence-corrected chi connectivity index (χ1v) is 7.00. The van der Waals surface area contributed by atoms with E-state index >= 15 is 0 Å². The summed E-state index contributed by atoms with van der Waals surface area (Å²) in [4.78, 5) is 4.27. The van der Waals surface area contributed by atoms with Gasteiger partial charge in [0, 0.05) is 7.05 Å². The largest absolute Gasteiger partial charge is 0.337 e. The second-order valence-electron chi connectivity index (χ2n) is 4.97. The van der Waals surface area contributed by atoms with Crippen LogP contribution in [0.25, 0.3) is 0 Å². The lowest BCUT2D eigenvalue weighted by Crippen LogP contribution is -2.02. The van der Waals surface area contributed by atoms with Gasteiger partial charge in [0.2, 0.25) is 0 Å². The SMILES string of the molecule is Cc1cc(C)c(CCc2c(Br)ncn2C)c(C)c1. The van der Waals surface area contributed by atoms with Crippen molar-refractivity contribution in [2.24, 2.45) is 7.05 Å². The summed E-state index contributed by atoms with van der Waals surface area (Å²) in [5, 5.41) is 0. The van der Waals surface area contributed by atoms with Crippen molar-refractivity contribution >= 4 is 15.9 Å². The molecule has 2 rings (SSSR count). The van der Waals surface area contributed by atoms with Crippen LogP contribution in [0.3, 0.4) is 0 Å². The van der Waals surface area contributed by atoms with E-state index in [0.717, 1.165) is 17.4 Å². The fourth-order valence-corrected chi connectivity index (χ4v) is 3.12. The molecule has 2 aromatic rings. The molecule has 0 N–H and O–H groups in total. The van der Waals surface area contributed by atoms with Crippen molar-refractivity contribution in [3.8, 4) is 0 Å². The number of halogens is 1. The van der Waals surface area contributed by atoms with Crippen molar-refractivity contribution < 1.29 is 0 Å². The predicted octanol–water partition coefficient (Wildman–Crippen LogP) is 3.89. The number of hydrogen-bond donors (Lipinski definition) is 0. The Bertz CT molecular complexity index is 527. The van der Waals surface area contributed by atoms with Crippen LogP contribution < -0.4 is 0 Å². The lowest BCUT2D eigenvalue weighted by Gasteiger charge is -2.11. The zero-order chi connectivity index (χ0) is 13.3. The second-order valence-corrected chi connectivity index (χ2v) is 5.72. The molecule has 0 bridgehead atoms. The van der Waals surface area contributed by atoms with Gasteiger partial charge in [0.05, 0.1) is 12.0 Å². The molecule has 0 atom stereocenters. The third-order valence-electron chi connectivity index (χ3n) is 3.46. The predicted molar refractivity (Wildman–Crippen MR) is 79.0 cm³/mol. The zero-order valence-corrected chi connectivity index (χ0v) is 13.0. The van der Waals surface area contributed by atoms with Crippen molar-refractivity contribution in [2.45, 2.75) is 33.6 Å². The molecule has 1 heterocycles. The molecule has 0 saturated carbocycles. The summed E-state index contributed by atoms with van der Waals surface area (Å²) in [6, 6.07) is 4.53. The molecule has 0 aliphatic heterocycles. The first kappa shape index (κ1) is 13.3. The highest BCUT2D eigenvalue weighted by Crippen LogP contribution is 2.21. The summed E-state index contributed by atoms with van der Waals surface area (Å²) in [5.41, 5.74) is 6.86. The van der Waals surface area contributed by atoms with Gasteiger partial charge in [-0.05, 0) is 66.2 Å². The van der Waals surface area contributed by atoms with Gasteiger partial charge >= 0.3 is 0 Å². The molecule has 0 radical (unpaired) electrons. The van der Waals surface area contributed by atoms with Gasteiger partial charge in [0.25, 0.3) is 0 Å². The number of nitrogens with zero attached hydrogens (tertiary/aromatic N) is 2. The smallest absolute Gasteiger partial charge is 0.127 e. The third-order valence-corrected chi connectivity index (χ3v) is 4.12. The van der Waals surface area contributed by atoms with Crippen LogP contribution in [-0.2, 0) is 19.9 Å². The van der Waals surface area contributed by atoms with Crippen LogP contribution >= 0.6 is 15.9 Å². The number of benzene rings is 1. The fourth-order valence-electron chi connectivity index (χ4n) is 2.55. The highest BCUT2D eigenvalue weighted by Gasteiger charge is 2.09. The summed E-state index contributed by atoms with van der Waals surface area (Å²) in [6.45, 7) is 6.56. The Kier molecular flexibility index (Phi) is 3.91. The Balaban J connectivity index is 2.21. The molecular weight excluding hydrogens is 288 g/mol. The minimum absolute atomic E-state index is 0.965. The maximum atomic E-state index is 4.27. The van der Waals surface area contributed by atoms with Crippen molar-refractivity contribution in [2.75, 3.05) is 0 Å². The molecule has 0 amide bonds. The van der Waals surface area contributed by atoms with Crippen LogP contribution in [0.5, 0.6) is 0 Å². The van der Waals surface area contributed by atoms with Gasteiger partial charge in [-0.3, -0.25) is 0 Å². The van der Waals surface area contributed by atoms with Gasteiger partial charge in [0.1, 0.15) is 4.60 Å². The molecule has 3 heteroatoms. The van der Waals surface area contributed by atoms with Crippen LogP contribution in [-0.4, -0.2) is 9.55 Å². The van der Waals surface area contributed by atoms with Crippen molar-refractivity contribution in [3.05, 3.63) is 51.0 Å². The van der Waals surface area contributed by atoms with Crippen molar-refractivity contribution in [1.82, 2.24) is 9.55 Å². The molecule has 96 valence electrons. The number of aryl methyl sites for hydroxylation is 4. The van der Waals surface area contributed by atoms with E-state index in [1.54, 1.807) is 0 Å². The molecule has 2 nitrogen and oxygen atoms in total. The second kappa shape index (κ2) is 5.27. The topological polar surface area (TPSA) is 17.8 Å². The molecule has 0 saturated heterocycles. The van der Waals surface area contributed by atoms with E-state index in [-0.39, 0.29) is 0 Å². The number of aromatic nitrogens is 2. The van der Waals surface area contributed by atoms with E-state index in [1.807, 2.05) is 13.4 Å². The Morgan fingerprint density at radius 2 is 1.72 bits per heavy atom. The molecule has 18 heavy (non-hydrogen) atoms. The molecule has 0 spiro atoms. The highest BCUT2D eigenvalue weighted by molar-refractivity contribution is 9.10. The summed E-state index contributed by atoms with van der Waals surface area (Å²) in [6.07, 6.45) is 3.94. The van der Waals surface area contributed by atoms with Gasteiger partial charge in [-0.25, -0.2) is 4.98 Å². The summed E-state index contributed by atoms with van der Waals surface area (Å²) in [7, 11) is 2.04. The maximum absolute atomic E-state index is 4.27. The van der Waals surface area contributed by atoms with E-state index in [9.17, 15) is 0 Å². The van der Waals surface area contributed by atoms with E-state index < -0.39 is 0 Å². The van der Waals surface area contributed by atoms with Gasteiger partial charge in [-0.1, -0.05) is 17.7 Å². The lowest BCUT2D eigenvalue weighted by atomic mass is 9.96. The normalized spacial score (nSPS) is 10.9. The highest BCUT2D eigenvalue weighted by atomic mass is 79.9. The third kappa shape index (κ3) is 2.66. The van der Waals surface area contributed by atoms with Gasteiger partial charge in [-0.2, -0.15) is 0 Å². The monoisotopic (exact) mass is 306 g/mol. The molecule has 1 aromatic heterocycles. The number of rotatable bonds is 3. The van der Waals surface area contributed by atoms with E-state index in [1.165, 1.54) is 27.9 Å². The minimum Gasteiger partial charge on any atom is -0.337 e. The first-order chi connectivity index (χ1) is 8.49. The molecule has 0 unspecified atom stereocenters. The van der Waals surface area contributed by atoms with Crippen molar-refractivity contribution in [3.63, 3.8) is 0 Å². The van der Waals surface area contributed by atoms with E-state index in [0.29, 0.717) is 0 Å². The van der Waals surface area contributed by atoms with Crippen LogP contribution in [0.2, 0.25) is 0 Å². The zero-order valence-electron chi connectivity index (χ0n) is 11.4. The Hall–Kier alpha value is -1.09. The average Bonchev–Trinajstić information content (AvgIpc) is 2.58. The molecule has 0 aliphatic carbocycles. The van der Waals surface area contributed by atoms with E-state index in [4.69, 9.17) is 0 Å². The van der Waals surface area contributed by atoms with Crippen LogP contribution in [0, 0.1) is 20.8 Å². The quantitative estimate of drug-likeness (QED) is 0.841. The molecule has 0 fully saturated rings. The Morgan fingerprint density at radius 1 is 1.11 bits per heavy atom. The van der Waals surface area contributed by atoms with Gasteiger partial charge in [-0.15, -0.1) is 0 Å². The Labute approximate surface area is 117 Å².